The number of ether oxygens (including phenoxy) is 1. The molecule has 2 rings (SSSR count). The van der Waals surface area contributed by atoms with Crippen LogP contribution in [0.4, 0.5) is 0 Å². The highest BCUT2D eigenvalue weighted by atomic mass is 16.6. The number of rotatable bonds is 3. The molecule has 1 unspecified atom stereocenters. The summed E-state index contributed by atoms with van der Waals surface area (Å²) >= 11 is 0. The molecule has 1 heterocycles. The Kier molecular flexibility index (Phi) is 4.69. The van der Waals surface area contributed by atoms with E-state index < -0.39 is 17.5 Å². The normalized spacial score (nSPS) is 20.0. The number of carbonyl (C=O) groups is 3. The number of benzene rings is 1. The number of cyclic esters (lactones) is 1. The van der Waals surface area contributed by atoms with Gasteiger partial charge in [0, 0.05) is 19.0 Å². The van der Waals surface area contributed by atoms with Gasteiger partial charge in [-0.25, -0.2) is 4.79 Å². The largest absolute Gasteiger partial charge is 0.445 e. The SMILES string of the molecule is CN(CC(=O)NC(C)(C)C)C(=O)C1(C)Cc2ccccc2C(=O)O1. The molecule has 0 saturated heterocycles. The summed E-state index contributed by atoms with van der Waals surface area (Å²) in [5.74, 6) is -1.17. The molecule has 6 nitrogen and oxygen atoms in total. The van der Waals surface area contributed by atoms with E-state index in [0.717, 1.165) is 5.56 Å². The summed E-state index contributed by atoms with van der Waals surface area (Å²) in [7, 11) is 1.53. The van der Waals surface area contributed by atoms with Gasteiger partial charge in [-0.05, 0) is 39.3 Å². The molecule has 24 heavy (non-hydrogen) atoms. The van der Waals surface area contributed by atoms with Crippen LogP contribution in [-0.2, 0) is 20.7 Å². The lowest BCUT2D eigenvalue weighted by Crippen LogP contribution is -2.54. The Labute approximate surface area is 142 Å². The smallest absolute Gasteiger partial charge is 0.339 e. The Morgan fingerprint density at radius 2 is 1.92 bits per heavy atom. The molecule has 0 aromatic heterocycles. The van der Waals surface area contributed by atoms with Gasteiger partial charge in [0.15, 0.2) is 5.60 Å². The molecule has 0 radical (unpaired) electrons. The molecule has 6 heteroatoms. The van der Waals surface area contributed by atoms with Crippen molar-refractivity contribution in [2.24, 2.45) is 0 Å². The first-order chi connectivity index (χ1) is 11.0. The van der Waals surface area contributed by atoms with Crippen LogP contribution in [0.25, 0.3) is 0 Å². The summed E-state index contributed by atoms with van der Waals surface area (Å²) in [6.45, 7) is 7.10. The van der Waals surface area contributed by atoms with Crippen molar-refractivity contribution < 1.29 is 19.1 Å². The van der Waals surface area contributed by atoms with Crippen LogP contribution in [0.5, 0.6) is 0 Å². The van der Waals surface area contributed by atoms with Crippen molar-refractivity contribution >= 4 is 17.8 Å². The zero-order chi connectivity index (χ0) is 18.1. The van der Waals surface area contributed by atoms with E-state index in [0.29, 0.717) is 12.0 Å². The second-order valence-electron chi connectivity index (χ2n) is 7.41. The summed E-state index contributed by atoms with van der Waals surface area (Å²) < 4.78 is 5.40. The maximum Gasteiger partial charge on any atom is 0.339 e. The molecule has 0 bridgehead atoms. The first-order valence-corrected chi connectivity index (χ1v) is 7.90. The van der Waals surface area contributed by atoms with Crippen LogP contribution in [0, 0.1) is 0 Å². The molecule has 1 aromatic rings. The highest BCUT2D eigenvalue weighted by molar-refractivity contribution is 5.98. The van der Waals surface area contributed by atoms with Gasteiger partial charge in [-0.3, -0.25) is 9.59 Å². The molecule has 0 spiro atoms. The fourth-order valence-electron chi connectivity index (χ4n) is 2.80. The summed E-state index contributed by atoms with van der Waals surface area (Å²) in [5.41, 5.74) is -0.420. The fourth-order valence-corrected chi connectivity index (χ4v) is 2.80. The zero-order valence-electron chi connectivity index (χ0n) is 14.8. The number of esters is 1. The second kappa shape index (κ2) is 6.26. The van der Waals surface area contributed by atoms with Crippen LogP contribution in [0.1, 0.15) is 43.6 Å². The van der Waals surface area contributed by atoms with Crippen LogP contribution in [0.3, 0.4) is 0 Å². The minimum absolute atomic E-state index is 0.0924. The number of nitrogens with one attached hydrogen (secondary N) is 1. The Hall–Kier alpha value is -2.37. The molecule has 0 aliphatic carbocycles. The summed E-state index contributed by atoms with van der Waals surface area (Å²) in [6, 6.07) is 7.08. The van der Waals surface area contributed by atoms with Crippen LogP contribution in [0.15, 0.2) is 24.3 Å². The van der Waals surface area contributed by atoms with Crippen molar-refractivity contribution in [1.29, 1.82) is 0 Å². The molecular formula is C18H24N2O4. The summed E-state index contributed by atoms with van der Waals surface area (Å²) in [6.07, 6.45) is 0.291. The average molecular weight is 332 g/mol. The second-order valence-corrected chi connectivity index (χ2v) is 7.41. The Bertz CT molecular complexity index is 678. The van der Waals surface area contributed by atoms with Crippen molar-refractivity contribution in [1.82, 2.24) is 10.2 Å². The molecule has 1 N–H and O–H groups in total. The Morgan fingerprint density at radius 3 is 2.54 bits per heavy atom. The third-order valence-electron chi connectivity index (χ3n) is 3.78. The average Bonchev–Trinajstić information content (AvgIpc) is 2.44. The van der Waals surface area contributed by atoms with E-state index >= 15 is 0 Å². The fraction of sp³-hybridized carbons (Fsp3) is 0.500. The van der Waals surface area contributed by atoms with Gasteiger partial charge in [0.25, 0.3) is 5.91 Å². The maximum atomic E-state index is 12.7. The van der Waals surface area contributed by atoms with E-state index in [1.54, 1.807) is 19.1 Å². The number of carbonyl (C=O) groups excluding carboxylic acids is 3. The predicted molar refractivity (Wildman–Crippen MR) is 89.5 cm³/mol. The summed E-state index contributed by atoms with van der Waals surface area (Å²) in [4.78, 5) is 38.2. The van der Waals surface area contributed by atoms with Gasteiger partial charge in [0.1, 0.15) is 0 Å². The van der Waals surface area contributed by atoms with E-state index in [4.69, 9.17) is 4.74 Å². The molecule has 130 valence electrons. The molecule has 1 aliphatic heterocycles. The van der Waals surface area contributed by atoms with Crippen molar-refractivity contribution in [2.45, 2.75) is 45.3 Å². The minimum atomic E-state index is -1.30. The lowest BCUT2D eigenvalue weighted by Gasteiger charge is -2.36. The van der Waals surface area contributed by atoms with Crippen molar-refractivity contribution in [3.05, 3.63) is 35.4 Å². The van der Waals surface area contributed by atoms with E-state index in [1.165, 1.54) is 11.9 Å². The highest BCUT2D eigenvalue weighted by Crippen LogP contribution is 2.29. The van der Waals surface area contributed by atoms with Crippen molar-refractivity contribution in [2.75, 3.05) is 13.6 Å². The third kappa shape index (κ3) is 3.93. The highest BCUT2D eigenvalue weighted by Gasteiger charge is 2.44. The number of nitrogens with zero attached hydrogens (tertiary/aromatic N) is 1. The van der Waals surface area contributed by atoms with Gasteiger partial charge in [-0.1, -0.05) is 18.2 Å². The first kappa shape index (κ1) is 18.0. The monoisotopic (exact) mass is 332 g/mol. The van der Waals surface area contributed by atoms with E-state index in [2.05, 4.69) is 5.32 Å². The lowest BCUT2D eigenvalue weighted by molar-refractivity contribution is -0.151. The predicted octanol–water partition coefficient (Wildman–Crippen LogP) is 1.53. The zero-order valence-corrected chi connectivity index (χ0v) is 14.8. The number of hydrogen-bond acceptors (Lipinski definition) is 4. The molecule has 0 saturated carbocycles. The van der Waals surface area contributed by atoms with Gasteiger partial charge in [0.2, 0.25) is 5.91 Å². The van der Waals surface area contributed by atoms with E-state index in [9.17, 15) is 14.4 Å². The number of hydrogen-bond donors (Lipinski definition) is 1. The van der Waals surface area contributed by atoms with Gasteiger partial charge in [-0.15, -0.1) is 0 Å². The van der Waals surface area contributed by atoms with Gasteiger partial charge in [-0.2, -0.15) is 0 Å². The molecule has 1 aromatic carbocycles. The molecule has 1 atom stereocenters. The summed E-state index contributed by atoms with van der Waals surface area (Å²) in [5, 5.41) is 2.80. The minimum Gasteiger partial charge on any atom is -0.445 e. The molecular weight excluding hydrogens is 308 g/mol. The lowest BCUT2D eigenvalue weighted by atomic mass is 9.89. The van der Waals surface area contributed by atoms with Crippen LogP contribution >= 0.6 is 0 Å². The Morgan fingerprint density at radius 1 is 1.29 bits per heavy atom. The Balaban J connectivity index is 2.12. The molecule has 2 amide bonds. The number of fused-ring (bicyclic) bond motifs is 1. The van der Waals surface area contributed by atoms with E-state index in [-0.39, 0.29) is 18.0 Å². The van der Waals surface area contributed by atoms with Crippen LogP contribution < -0.4 is 5.32 Å². The topological polar surface area (TPSA) is 75.7 Å². The van der Waals surface area contributed by atoms with Gasteiger partial charge >= 0.3 is 5.97 Å². The number of likely N-dealkylation sites (N-methyl/N-ethyl adjacent to an activating group) is 1. The van der Waals surface area contributed by atoms with Gasteiger partial charge < -0.3 is 15.0 Å². The van der Waals surface area contributed by atoms with Crippen molar-refractivity contribution in [3.8, 4) is 0 Å². The third-order valence-corrected chi connectivity index (χ3v) is 3.78. The maximum absolute atomic E-state index is 12.7. The number of amides is 2. The van der Waals surface area contributed by atoms with Crippen LogP contribution in [0.2, 0.25) is 0 Å². The van der Waals surface area contributed by atoms with E-state index in [1.807, 2.05) is 32.9 Å². The van der Waals surface area contributed by atoms with Crippen molar-refractivity contribution in [3.63, 3.8) is 0 Å². The molecule has 1 aliphatic rings. The molecule has 0 fully saturated rings. The van der Waals surface area contributed by atoms with Gasteiger partial charge in [0.05, 0.1) is 12.1 Å². The standard InChI is InChI=1S/C18H24N2O4/c1-17(2,3)19-14(21)11-20(5)16(23)18(4)10-12-8-6-7-9-13(12)15(22)24-18/h6-9H,10-11H2,1-5H3,(H,19,21). The first-order valence-electron chi connectivity index (χ1n) is 7.90. The quantitative estimate of drug-likeness (QED) is 0.852. The van der Waals surface area contributed by atoms with Crippen LogP contribution in [-0.4, -0.2) is 47.4 Å².